The Bertz CT molecular complexity index is 1540. The third-order valence-corrected chi connectivity index (χ3v) is 6.33. The van der Waals surface area contributed by atoms with E-state index in [0.717, 1.165) is 5.56 Å². The number of halogens is 2. The maximum absolute atomic E-state index is 14.7. The van der Waals surface area contributed by atoms with Gasteiger partial charge in [0.25, 0.3) is 11.5 Å². The van der Waals surface area contributed by atoms with E-state index in [-0.39, 0.29) is 19.5 Å². The first-order chi connectivity index (χ1) is 18.9. The Hall–Kier alpha value is -3.20. The molecule has 4 rings (SSSR count). The minimum atomic E-state index is -3.14. The highest BCUT2D eigenvalue weighted by molar-refractivity contribution is 6.31. The number of carbonyl (C=O) groups excluding carboxylic acids is 1. The number of ether oxygens (including phenoxy) is 1. The summed E-state index contributed by atoms with van der Waals surface area (Å²) in [5.74, 6) is -2.78. The Morgan fingerprint density at radius 3 is 2.83 bits per heavy atom. The second-order valence-electron chi connectivity index (χ2n) is 8.66. The van der Waals surface area contributed by atoms with Crippen LogP contribution in [-0.4, -0.2) is 53.2 Å². The van der Waals surface area contributed by atoms with Crippen molar-refractivity contribution in [2.75, 3.05) is 31.5 Å². The van der Waals surface area contributed by atoms with Crippen molar-refractivity contribution in [2.24, 2.45) is 18.9 Å². The average molecular weight is 508 g/mol. The number of nitrogens with zero attached hydrogens (tertiary/aromatic N) is 4. The molecular weight excluding hydrogens is 473 g/mol. The lowest BCUT2D eigenvalue weighted by Gasteiger charge is -2.37. The molecular formula is C25H29ClFN5O3. The maximum Gasteiger partial charge on any atom is 0.293 e. The zero-order chi connectivity index (χ0) is 30.5. The SMILES string of the molecule is [2H]C([2H])([2H])NC(=O)C([2H])([2H])Oc1cc2cc(Cc3nc(N4C[C@@H](C)C([2H])(F)[C@@H](C)C4)ncc3Cl)ccc2n(C)c1=O. The Morgan fingerprint density at radius 1 is 1.37 bits per heavy atom. The number of aromatic nitrogens is 3. The second-order valence-corrected chi connectivity index (χ2v) is 9.06. The minimum Gasteiger partial charge on any atom is -0.478 e. The molecule has 0 spiro atoms. The standard InChI is InChI=1S/C25H29ClFN5O3/c1-14-11-32(12-15(2)23(14)27)25-29-10-18(26)19(30-25)8-16-5-6-20-17(7-16)9-21(24(34)31(20)4)35-13-22(33)28-3/h5-7,9-10,14-15,23H,8,11-13H2,1-4H3,(H,28,33)/t14-,15+,23?/i3D3,13D2,23D. The Labute approximate surface area is 216 Å². The van der Waals surface area contributed by atoms with Crippen molar-refractivity contribution in [2.45, 2.75) is 26.4 Å². The van der Waals surface area contributed by atoms with Crippen molar-refractivity contribution in [3.8, 4) is 5.75 Å². The molecule has 1 N–H and O–H groups in total. The van der Waals surface area contributed by atoms with Gasteiger partial charge >= 0.3 is 0 Å². The molecule has 2 aromatic heterocycles. The number of benzene rings is 1. The molecule has 8 nitrogen and oxygen atoms in total. The lowest BCUT2D eigenvalue weighted by molar-refractivity contribution is -0.122. The van der Waals surface area contributed by atoms with Crippen LogP contribution in [-0.2, 0) is 18.3 Å². The topological polar surface area (TPSA) is 89.3 Å². The summed E-state index contributed by atoms with van der Waals surface area (Å²) >= 11 is 6.41. The zero-order valence-electron chi connectivity index (χ0n) is 25.4. The predicted molar refractivity (Wildman–Crippen MR) is 134 cm³/mol. The molecule has 35 heavy (non-hydrogen) atoms. The number of pyridine rings is 1. The first kappa shape index (κ1) is 18.1. The molecule has 10 heteroatoms. The van der Waals surface area contributed by atoms with Gasteiger partial charge < -0.3 is 19.5 Å². The van der Waals surface area contributed by atoms with Crippen molar-refractivity contribution < 1.29 is 22.1 Å². The van der Waals surface area contributed by atoms with E-state index in [0.29, 0.717) is 27.6 Å². The number of nitrogens with one attached hydrogen (secondary N) is 1. The normalized spacial score (nSPS) is 25.6. The summed E-state index contributed by atoms with van der Waals surface area (Å²) in [6.07, 6.45) is -0.316. The van der Waals surface area contributed by atoms with Crippen LogP contribution in [0.2, 0.25) is 5.02 Å². The van der Waals surface area contributed by atoms with Crippen LogP contribution >= 0.6 is 11.6 Å². The van der Waals surface area contributed by atoms with Crippen LogP contribution in [0.4, 0.5) is 10.3 Å². The summed E-state index contributed by atoms with van der Waals surface area (Å²) in [4.78, 5) is 35.7. The number of fused-ring (bicyclic) bond motifs is 1. The molecule has 1 fully saturated rings. The van der Waals surface area contributed by atoms with E-state index in [9.17, 15) is 14.0 Å². The Kier molecular flexibility index (Phi) is 5.28. The van der Waals surface area contributed by atoms with E-state index in [1.54, 1.807) is 32.0 Å². The van der Waals surface area contributed by atoms with Gasteiger partial charge in [-0.1, -0.05) is 31.5 Å². The third kappa shape index (κ3) is 5.24. The minimum absolute atomic E-state index is 0.260. The summed E-state index contributed by atoms with van der Waals surface area (Å²) in [5, 5.41) is 2.31. The highest BCUT2D eigenvalue weighted by atomic mass is 35.5. The molecule has 3 heterocycles. The van der Waals surface area contributed by atoms with Gasteiger partial charge in [0.15, 0.2) is 12.3 Å². The van der Waals surface area contributed by atoms with Crippen LogP contribution in [0.5, 0.6) is 5.75 Å². The van der Waals surface area contributed by atoms with Gasteiger partial charge in [-0.15, -0.1) is 0 Å². The monoisotopic (exact) mass is 507 g/mol. The van der Waals surface area contributed by atoms with E-state index in [1.807, 2.05) is 4.90 Å². The van der Waals surface area contributed by atoms with Crippen molar-refractivity contribution in [3.05, 3.63) is 57.1 Å². The Morgan fingerprint density at radius 2 is 2.11 bits per heavy atom. The molecule has 1 aromatic carbocycles. The smallest absolute Gasteiger partial charge is 0.293 e. The quantitative estimate of drug-likeness (QED) is 0.551. The van der Waals surface area contributed by atoms with Crippen LogP contribution in [0.1, 0.15) is 33.3 Å². The van der Waals surface area contributed by atoms with E-state index in [4.69, 9.17) is 24.6 Å². The number of carbonyl (C=O) groups is 1. The molecule has 3 aromatic rings. The molecule has 1 amide bonds. The predicted octanol–water partition coefficient (Wildman–Crippen LogP) is 3.13. The number of aryl methyl sites for hydroxylation is 1. The first-order valence-electron chi connectivity index (χ1n) is 14.0. The lowest BCUT2D eigenvalue weighted by Crippen LogP contribution is -2.46. The van der Waals surface area contributed by atoms with Crippen molar-refractivity contribution in [1.82, 2.24) is 19.9 Å². The molecule has 1 aliphatic heterocycles. The van der Waals surface area contributed by atoms with Gasteiger partial charge in [0, 0.05) is 54.9 Å². The van der Waals surface area contributed by atoms with Crippen LogP contribution < -0.4 is 20.5 Å². The zero-order valence-corrected chi connectivity index (χ0v) is 20.2. The van der Waals surface area contributed by atoms with Crippen LogP contribution in [0, 0.1) is 11.8 Å². The van der Waals surface area contributed by atoms with Crippen molar-refractivity contribution >= 4 is 34.4 Å². The maximum atomic E-state index is 14.7. The molecule has 0 saturated carbocycles. The first-order valence-corrected chi connectivity index (χ1v) is 11.4. The van der Waals surface area contributed by atoms with Gasteiger partial charge in [-0.05, 0) is 23.8 Å². The lowest BCUT2D eigenvalue weighted by atomic mass is 9.90. The number of anilines is 1. The molecule has 1 unspecified atom stereocenters. The van der Waals surface area contributed by atoms with E-state index in [1.165, 1.54) is 29.2 Å². The van der Waals surface area contributed by atoms with Gasteiger partial charge in [0.2, 0.25) is 5.95 Å². The molecule has 1 saturated heterocycles. The van der Waals surface area contributed by atoms with E-state index in [2.05, 4.69) is 9.97 Å². The molecule has 0 radical (unpaired) electrons. The molecule has 0 bridgehead atoms. The summed E-state index contributed by atoms with van der Waals surface area (Å²) in [6, 6.07) is 6.45. The number of piperidine rings is 1. The fourth-order valence-corrected chi connectivity index (χ4v) is 4.39. The fourth-order valence-electron chi connectivity index (χ4n) is 4.23. The molecule has 1 aliphatic rings. The molecule has 0 aliphatic carbocycles. The summed E-state index contributed by atoms with van der Waals surface area (Å²) in [7, 11) is 1.45. The van der Waals surface area contributed by atoms with E-state index >= 15 is 0 Å². The number of amides is 1. The number of alkyl halides is 1. The van der Waals surface area contributed by atoms with Crippen LogP contribution in [0.3, 0.4) is 0 Å². The Balaban J connectivity index is 1.62. The molecule has 186 valence electrons. The van der Waals surface area contributed by atoms with Gasteiger partial charge in [-0.3, -0.25) is 9.59 Å². The second kappa shape index (κ2) is 10.2. The number of hydrogen-bond donors (Lipinski definition) is 1. The summed E-state index contributed by atoms with van der Waals surface area (Å²) < 4.78 is 66.0. The summed E-state index contributed by atoms with van der Waals surface area (Å²) in [6.45, 7) is -2.17. The highest BCUT2D eigenvalue weighted by Gasteiger charge is 2.33. The molecule has 3 atom stereocenters. The fraction of sp³-hybridized carbons (Fsp3) is 0.440. The van der Waals surface area contributed by atoms with Crippen LogP contribution in [0.25, 0.3) is 10.9 Å². The van der Waals surface area contributed by atoms with Gasteiger partial charge in [-0.2, -0.15) is 0 Å². The summed E-state index contributed by atoms with van der Waals surface area (Å²) in [5.41, 5.74) is 0.994. The largest absolute Gasteiger partial charge is 0.478 e. The van der Waals surface area contributed by atoms with Gasteiger partial charge in [0.05, 0.1) is 26.5 Å². The number of likely N-dealkylation sites (N-methyl/N-ethyl adjacent to an activating group) is 1. The highest BCUT2D eigenvalue weighted by Crippen LogP contribution is 2.29. The van der Waals surface area contributed by atoms with Crippen molar-refractivity contribution in [1.29, 1.82) is 0 Å². The van der Waals surface area contributed by atoms with E-state index < -0.39 is 48.7 Å². The average Bonchev–Trinajstić information content (AvgIpc) is 2.86. The van der Waals surface area contributed by atoms with Gasteiger partial charge in [-0.25, -0.2) is 14.4 Å². The third-order valence-electron chi connectivity index (χ3n) is 6.01. The van der Waals surface area contributed by atoms with Gasteiger partial charge in [0.1, 0.15) is 6.15 Å². The van der Waals surface area contributed by atoms with Crippen LogP contribution in [0.15, 0.2) is 35.3 Å². The number of rotatable bonds is 6. The van der Waals surface area contributed by atoms with Crippen molar-refractivity contribution in [3.63, 3.8) is 0 Å². The number of hydrogen-bond acceptors (Lipinski definition) is 6.